The molecule has 0 aliphatic heterocycles. The van der Waals surface area contributed by atoms with E-state index in [0.29, 0.717) is 12.4 Å². The third kappa shape index (κ3) is 2.01. The highest BCUT2D eigenvalue weighted by atomic mass is 16.4. The Morgan fingerprint density at radius 1 is 1.37 bits per heavy atom. The summed E-state index contributed by atoms with van der Waals surface area (Å²) in [5.41, 5.74) is 7.31. The van der Waals surface area contributed by atoms with E-state index in [1.54, 1.807) is 17.0 Å². The maximum atomic E-state index is 8.70. The summed E-state index contributed by atoms with van der Waals surface area (Å²) < 4.78 is 3.71. The summed E-state index contributed by atoms with van der Waals surface area (Å²) in [7, 11) is 0. The first kappa shape index (κ1) is 11.3. The number of oxime groups is 1. The minimum absolute atomic E-state index is 0.0197. The van der Waals surface area contributed by atoms with Gasteiger partial charge in [-0.05, 0) is 12.1 Å². The Bertz CT molecular complexity index is 708. The highest BCUT2D eigenvalue weighted by Crippen LogP contribution is 2.08. The monoisotopic (exact) mass is 256 g/mol. The van der Waals surface area contributed by atoms with Gasteiger partial charge < -0.3 is 19.9 Å². The number of nitrogens with two attached hydrogens (primary N) is 1. The lowest BCUT2D eigenvalue weighted by Crippen LogP contribution is -2.19. The van der Waals surface area contributed by atoms with Crippen molar-refractivity contribution in [2.24, 2.45) is 10.9 Å². The van der Waals surface area contributed by atoms with Gasteiger partial charge in [0.15, 0.2) is 5.82 Å². The van der Waals surface area contributed by atoms with E-state index in [-0.39, 0.29) is 5.84 Å². The summed E-state index contributed by atoms with van der Waals surface area (Å²) in [6.45, 7) is 0.507. The van der Waals surface area contributed by atoms with Crippen molar-refractivity contribution in [1.29, 1.82) is 0 Å². The molecule has 3 aromatic heterocycles. The molecule has 0 radical (unpaired) electrons. The van der Waals surface area contributed by atoms with Crippen LogP contribution in [0.4, 0.5) is 0 Å². The van der Waals surface area contributed by atoms with Gasteiger partial charge in [0.25, 0.3) is 0 Å². The normalized spacial score (nSPS) is 12.1. The van der Waals surface area contributed by atoms with E-state index in [9.17, 15) is 0 Å². The summed E-state index contributed by atoms with van der Waals surface area (Å²) in [4.78, 5) is 8.53. The zero-order valence-electron chi connectivity index (χ0n) is 10.0. The van der Waals surface area contributed by atoms with Crippen molar-refractivity contribution >= 4 is 11.5 Å². The zero-order chi connectivity index (χ0) is 13.2. The minimum atomic E-state index is -0.0197. The smallest absolute Gasteiger partial charge is 0.206 e. The van der Waals surface area contributed by atoms with E-state index in [4.69, 9.17) is 10.9 Å². The van der Waals surface area contributed by atoms with Crippen LogP contribution in [0, 0.1) is 0 Å². The number of aromatic nitrogens is 4. The Balaban J connectivity index is 1.95. The van der Waals surface area contributed by atoms with Gasteiger partial charge in [0.05, 0.1) is 12.2 Å². The molecule has 3 N–H and O–H groups in total. The Labute approximate surface area is 108 Å². The van der Waals surface area contributed by atoms with Crippen molar-refractivity contribution in [3.05, 3.63) is 54.5 Å². The molecular formula is C12H12N6O. The van der Waals surface area contributed by atoms with Crippen molar-refractivity contribution in [2.45, 2.75) is 6.54 Å². The van der Waals surface area contributed by atoms with Crippen molar-refractivity contribution in [3.8, 4) is 0 Å². The van der Waals surface area contributed by atoms with Gasteiger partial charge in [0, 0.05) is 24.8 Å². The van der Waals surface area contributed by atoms with Gasteiger partial charge in [-0.1, -0.05) is 11.2 Å². The molecule has 0 aromatic carbocycles. The number of nitrogens with zero attached hydrogens (tertiary/aromatic N) is 5. The van der Waals surface area contributed by atoms with Crippen LogP contribution >= 0.6 is 0 Å². The predicted molar refractivity (Wildman–Crippen MR) is 69.0 cm³/mol. The molecule has 0 saturated heterocycles. The number of pyridine rings is 1. The largest absolute Gasteiger partial charge is 0.409 e. The molecule has 0 unspecified atom stereocenters. The van der Waals surface area contributed by atoms with Gasteiger partial charge in [-0.15, -0.1) is 0 Å². The van der Waals surface area contributed by atoms with Crippen molar-refractivity contribution in [3.63, 3.8) is 0 Å². The predicted octanol–water partition coefficient (Wildman–Crippen LogP) is 0.674. The first-order valence-corrected chi connectivity index (χ1v) is 5.69. The maximum Gasteiger partial charge on any atom is 0.206 e. The van der Waals surface area contributed by atoms with Crippen LogP contribution in [-0.4, -0.2) is 30.0 Å². The molecule has 0 spiro atoms. The Hall–Kier alpha value is -2.83. The van der Waals surface area contributed by atoms with Crippen LogP contribution in [-0.2, 0) is 6.54 Å². The average Bonchev–Trinajstić information content (AvgIpc) is 3.04. The lowest BCUT2D eigenvalue weighted by molar-refractivity contribution is 0.318. The first-order valence-electron chi connectivity index (χ1n) is 5.69. The quantitative estimate of drug-likeness (QED) is 0.312. The van der Waals surface area contributed by atoms with Gasteiger partial charge in [-0.25, -0.2) is 9.97 Å². The molecule has 0 bridgehead atoms. The van der Waals surface area contributed by atoms with Crippen LogP contribution in [0.3, 0.4) is 0 Å². The zero-order valence-corrected chi connectivity index (χ0v) is 10.0. The fourth-order valence-corrected chi connectivity index (χ4v) is 1.95. The topological polar surface area (TPSA) is 93.7 Å². The average molecular weight is 256 g/mol. The van der Waals surface area contributed by atoms with Crippen LogP contribution in [0.2, 0.25) is 0 Å². The molecule has 0 atom stereocenters. The number of imidazole rings is 2. The lowest BCUT2D eigenvalue weighted by Gasteiger charge is -2.03. The molecular weight excluding hydrogens is 244 g/mol. The number of rotatable bonds is 3. The SMILES string of the molecule is NC(=NO)c1nccn1Cc1cn2ccccc2n1. The van der Waals surface area contributed by atoms with Crippen LogP contribution in [0.5, 0.6) is 0 Å². The van der Waals surface area contributed by atoms with E-state index in [0.717, 1.165) is 11.3 Å². The highest BCUT2D eigenvalue weighted by Gasteiger charge is 2.09. The molecule has 96 valence electrons. The van der Waals surface area contributed by atoms with Crippen molar-refractivity contribution < 1.29 is 5.21 Å². The molecule has 3 heterocycles. The molecule has 19 heavy (non-hydrogen) atoms. The summed E-state index contributed by atoms with van der Waals surface area (Å²) in [5, 5.41) is 11.7. The second-order valence-corrected chi connectivity index (χ2v) is 4.06. The van der Waals surface area contributed by atoms with Gasteiger partial charge in [0.1, 0.15) is 5.65 Å². The summed E-state index contributed by atoms with van der Waals surface area (Å²) >= 11 is 0. The summed E-state index contributed by atoms with van der Waals surface area (Å²) in [5.74, 6) is 0.397. The number of hydrogen-bond donors (Lipinski definition) is 2. The third-order valence-corrected chi connectivity index (χ3v) is 2.80. The second kappa shape index (κ2) is 4.45. The molecule has 7 nitrogen and oxygen atoms in total. The first-order chi connectivity index (χ1) is 9.28. The van der Waals surface area contributed by atoms with Crippen molar-refractivity contribution in [2.75, 3.05) is 0 Å². The lowest BCUT2D eigenvalue weighted by atomic mass is 10.4. The van der Waals surface area contributed by atoms with E-state index in [1.165, 1.54) is 0 Å². The van der Waals surface area contributed by atoms with Gasteiger partial charge in [-0.2, -0.15) is 0 Å². The van der Waals surface area contributed by atoms with E-state index in [1.807, 2.05) is 35.0 Å². The Morgan fingerprint density at radius 3 is 3.05 bits per heavy atom. The molecule has 0 fully saturated rings. The van der Waals surface area contributed by atoms with Gasteiger partial charge in [-0.3, -0.25) is 0 Å². The van der Waals surface area contributed by atoms with E-state index >= 15 is 0 Å². The molecule has 0 saturated carbocycles. The third-order valence-electron chi connectivity index (χ3n) is 2.80. The highest BCUT2D eigenvalue weighted by molar-refractivity contribution is 5.93. The standard InChI is InChI=1S/C12H12N6O/c13-11(16-19)12-14-4-6-18(12)8-9-7-17-5-2-1-3-10(17)15-9/h1-7,19H,8H2,(H2,13,16). The summed E-state index contributed by atoms with van der Waals surface area (Å²) in [6.07, 6.45) is 7.23. The molecule has 0 aliphatic carbocycles. The molecule has 0 aliphatic rings. The molecule has 3 aromatic rings. The van der Waals surface area contributed by atoms with Crippen LogP contribution < -0.4 is 5.73 Å². The molecule has 3 rings (SSSR count). The number of amidine groups is 1. The molecule has 0 amide bonds. The fourth-order valence-electron chi connectivity index (χ4n) is 1.95. The summed E-state index contributed by atoms with van der Waals surface area (Å²) in [6, 6.07) is 5.81. The van der Waals surface area contributed by atoms with Crippen LogP contribution in [0.25, 0.3) is 5.65 Å². The van der Waals surface area contributed by atoms with E-state index < -0.39 is 0 Å². The maximum absolute atomic E-state index is 8.70. The number of hydrogen-bond acceptors (Lipinski definition) is 4. The van der Waals surface area contributed by atoms with E-state index in [2.05, 4.69) is 15.1 Å². The van der Waals surface area contributed by atoms with Crippen LogP contribution in [0.15, 0.2) is 48.1 Å². The Kier molecular flexibility index (Phi) is 2.64. The molecule has 7 heteroatoms. The van der Waals surface area contributed by atoms with Crippen LogP contribution in [0.1, 0.15) is 11.5 Å². The minimum Gasteiger partial charge on any atom is -0.409 e. The Morgan fingerprint density at radius 2 is 2.26 bits per heavy atom. The number of fused-ring (bicyclic) bond motifs is 1. The second-order valence-electron chi connectivity index (χ2n) is 4.06. The van der Waals surface area contributed by atoms with Crippen molar-refractivity contribution in [1.82, 2.24) is 18.9 Å². The fraction of sp³-hybridized carbons (Fsp3) is 0.0833. The van der Waals surface area contributed by atoms with Gasteiger partial charge in [0.2, 0.25) is 5.84 Å². The van der Waals surface area contributed by atoms with Gasteiger partial charge >= 0.3 is 0 Å².